The number of alkyl halides is 1. The van der Waals surface area contributed by atoms with E-state index in [0.717, 1.165) is 32.1 Å². The molecule has 0 aromatic heterocycles. The number of ether oxygens (including phenoxy) is 1. The first kappa shape index (κ1) is 17.2. The number of rotatable bonds is 5. The van der Waals surface area contributed by atoms with Crippen molar-refractivity contribution in [1.29, 1.82) is 0 Å². The molecule has 0 aliphatic carbocycles. The van der Waals surface area contributed by atoms with Crippen LogP contribution < -0.4 is 0 Å². The molecule has 1 aromatic rings. The lowest BCUT2D eigenvalue weighted by Crippen LogP contribution is -2.53. The molecule has 0 N–H and O–H groups in total. The maximum Gasteiger partial charge on any atom is 0.182 e. The molecule has 0 spiro atoms. The molecule has 1 fully saturated rings. The molecule has 0 bridgehead atoms. The summed E-state index contributed by atoms with van der Waals surface area (Å²) in [6, 6.07) is 10.9. The van der Waals surface area contributed by atoms with Crippen LogP contribution in [0.25, 0.3) is 0 Å². The molecule has 1 atom stereocenters. The van der Waals surface area contributed by atoms with Gasteiger partial charge in [-0.05, 0) is 32.9 Å². The molecule has 1 aliphatic rings. The van der Waals surface area contributed by atoms with Crippen molar-refractivity contribution in [2.24, 2.45) is 0 Å². The fourth-order valence-electron chi connectivity index (χ4n) is 2.71. The fraction of sp³-hybridized carbons (Fsp3) is 0.556. The number of nitrogens with zero attached hydrogens (tertiary/aromatic N) is 2. The normalized spacial score (nSPS) is 20.0. The van der Waals surface area contributed by atoms with E-state index in [-0.39, 0.29) is 5.60 Å². The van der Waals surface area contributed by atoms with Gasteiger partial charge in [-0.3, -0.25) is 4.90 Å². The molecule has 2 rings (SSSR count). The average Bonchev–Trinajstić information content (AvgIpc) is 2.47. The van der Waals surface area contributed by atoms with Gasteiger partial charge in [-0.15, -0.1) is 11.6 Å². The van der Waals surface area contributed by atoms with Gasteiger partial charge < -0.3 is 9.64 Å². The second-order valence-electron chi connectivity index (χ2n) is 6.82. The predicted octanol–water partition coefficient (Wildman–Crippen LogP) is 3.70. The second kappa shape index (κ2) is 7.38. The van der Waals surface area contributed by atoms with Gasteiger partial charge in [-0.1, -0.05) is 30.3 Å². The molecular weight excluding hydrogens is 296 g/mol. The maximum absolute atomic E-state index is 6.21. The summed E-state index contributed by atoms with van der Waals surface area (Å²) in [4.78, 5) is 4.66. The number of halogens is 1. The summed E-state index contributed by atoms with van der Waals surface area (Å²) in [5.74, 6) is 1.37. The van der Waals surface area contributed by atoms with Crippen molar-refractivity contribution < 1.29 is 4.74 Å². The number of hydrogen-bond acceptors (Lipinski definition) is 3. The summed E-state index contributed by atoms with van der Waals surface area (Å²) >= 11 is 6.21. The number of piperazine rings is 1. The maximum atomic E-state index is 6.21. The molecule has 1 aliphatic heterocycles. The lowest BCUT2D eigenvalue weighted by atomic mass is 10.1. The Labute approximate surface area is 139 Å². The minimum Gasteiger partial charge on any atom is -0.474 e. The van der Waals surface area contributed by atoms with Gasteiger partial charge in [0.15, 0.2) is 5.88 Å². The lowest BCUT2D eigenvalue weighted by molar-refractivity contribution is -0.0198. The zero-order valence-corrected chi connectivity index (χ0v) is 14.6. The Bertz CT molecular complexity index is 484. The molecule has 3 nitrogen and oxygen atoms in total. The number of benzene rings is 1. The van der Waals surface area contributed by atoms with E-state index >= 15 is 0 Å². The van der Waals surface area contributed by atoms with Gasteiger partial charge in [0.25, 0.3) is 0 Å². The minimum absolute atomic E-state index is 0.214. The van der Waals surface area contributed by atoms with Gasteiger partial charge in [0, 0.05) is 38.1 Å². The van der Waals surface area contributed by atoms with Crippen LogP contribution in [0.1, 0.15) is 26.3 Å². The third kappa shape index (κ3) is 4.92. The smallest absolute Gasteiger partial charge is 0.182 e. The molecule has 1 aromatic carbocycles. The second-order valence-corrected chi connectivity index (χ2v) is 7.13. The van der Waals surface area contributed by atoms with E-state index in [9.17, 15) is 0 Å². The molecule has 4 heteroatoms. The van der Waals surface area contributed by atoms with Crippen LogP contribution in [0.15, 0.2) is 42.8 Å². The molecular formula is C18H27ClN2O. The van der Waals surface area contributed by atoms with Crippen molar-refractivity contribution in [2.45, 2.75) is 39.0 Å². The minimum atomic E-state index is -0.214. The summed E-state index contributed by atoms with van der Waals surface area (Å²) < 4.78 is 5.89. The van der Waals surface area contributed by atoms with Gasteiger partial charge in [0.05, 0.1) is 0 Å². The fourth-order valence-corrected chi connectivity index (χ4v) is 3.00. The number of hydrogen-bond donors (Lipinski definition) is 0. The van der Waals surface area contributed by atoms with Crippen LogP contribution in [0.4, 0.5) is 0 Å². The molecule has 0 radical (unpaired) electrons. The molecule has 22 heavy (non-hydrogen) atoms. The molecule has 122 valence electrons. The summed E-state index contributed by atoms with van der Waals surface area (Å²) in [6.45, 7) is 13.9. The Morgan fingerprint density at radius 3 is 2.55 bits per heavy atom. The molecule has 0 saturated carbocycles. The highest BCUT2D eigenvalue weighted by atomic mass is 35.5. The van der Waals surface area contributed by atoms with Crippen molar-refractivity contribution in [3.05, 3.63) is 48.4 Å². The molecule has 1 saturated heterocycles. The highest BCUT2D eigenvalue weighted by Crippen LogP contribution is 2.21. The first-order valence-corrected chi connectivity index (χ1v) is 8.39. The van der Waals surface area contributed by atoms with Crippen molar-refractivity contribution in [3.63, 3.8) is 0 Å². The monoisotopic (exact) mass is 322 g/mol. The standard InChI is InChI=1S/C18H27ClN2O/c1-15(22-18(2,3)4)20-10-11-21(17(12-19)14-20)13-16-8-6-5-7-9-16/h5-9,17H,1,10-14H2,2-4H3. The molecule has 1 heterocycles. The van der Waals surface area contributed by atoms with Crippen molar-refractivity contribution >= 4 is 11.6 Å². The van der Waals surface area contributed by atoms with Crippen LogP contribution in [0.2, 0.25) is 0 Å². The SMILES string of the molecule is C=C(OC(C)(C)C)N1CCN(Cc2ccccc2)C(CCl)C1. The van der Waals surface area contributed by atoms with Crippen LogP contribution in [0.5, 0.6) is 0 Å². The Hall–Kier alpha value is -1.19. The molecule has 1 unspecified atom stereocenters. The zero-order valence-electron chi connectivity index (χ0n) is 13.9. The Morgan fingerprint density at radius 1 is 1.27 bits per heavy atom. The molecule has 0 amide bonds. The van der Waals surface area contributed by atoms with Crippen LogP contribution in [0, 0.1) is 0 Å². The van der Waals surface area contributed by atoms with Crippen LogP contribution in [0.3, 0.4) is 0 Å². The van der Waals surface area contributed by atoms with Gasteiger partial charge in [-0.2, -0.15) is 0 Å². The van der Waals surface area contributed by atoms with E-state index in [1.165, 1.54) is 5.56 Å². The highest BCUT2D eigenvalue weighted by Gasteiger charge is 2.28. The summed E-state index contributed by atoms with van der Waals surface area (Å²) in [5.41, 5.74) is 1.12. The van der Waals surface area contributed by atoms with E-state index < -0.39 is 0 Å². The largest absolute Gasteiger partial charge is 0.474 e. The van der Waals surface area contributed by atoms with E-state index in [4.69, 9.17) is 16.3 Å². The van der Waals surface area contributed by atoms with Crippen molar-refractivity contribution in [2.75, 3.05) is 25.5 Å². The Balaban J connectivity index is 1.95. The van der Waals surface area contributed by atoms with Gasteiger partial charge >= 0.3 is 0 Å². The van der Waals surface area contributed by atoms with E-state index in [2.05, 4.69) is 40.6 Å². The first-order chi connectivity index (χ1) is 10.4. The van der Waals surface area contributed by atoms with E-state index in [0.29, 0.717) is 11.9 Å². The van der Waals surface area contributed by atoms with E-state index in [1.54, 1.807) is 0 Å². The Kier molecular flexibility index (Phi) is 5.76. The summed E-state index contributed by atoms with van der Waals surface area (Å²) in [7, 11) is 0. The zero-order chi connectivity index (χ0) is 16.2. The van der Waals surface area contributed by atoms with Crippen LogP contribution in [-0.2, 0) is 11.3 Å². The van der Waals surface area contributed by atoms with Gasteiger partial charge in [0.1, 0.15) is 5.60 Å². The van der Waals surface area contributed by atoms with Crippen molar-refractivity contribution in [3.8, 4) is 0 Å². The lowest BCUT2D eigenvalue weighted by Gasteiger charge is -2.43. The first-order valence-electron chi connectivity index (χ1n) is 7.86. The van der Waals surface area contributed by atoms with Crippen LogP contribution >= 0.6 is 11.6 Å². The van der Waals surface area contributed by atoms with Crippen LogP contribution in [-0.4, -0.2) is 47.0 Å². The third-order valence-corrected chi connectivity index (χ3v) is 4.14. The topological polar surface area (TPSA) is 15.7 Å². The van der Waals surface area contributed by atoms with E-state index in [1.807, 2.05) is 26.8 Å². The van der Waals surface area contributed by atoms with Gasteiger partial charge in [0.2, 0.25) is 0 Å². The highest BCUT2D eigenvalue weighted by molar-refractivity contribution is 6.18. The average molecular weight is 323 g/mol. The summed E-state index contributed by atoms with van der Waals surface area (Å²) in [5, 5.41) is 0. The predicted molar refractivity (Wildman–Crippen MR) is 92.9 cm³/mol. The summed E-state index contributed by atoms with van der Waals surface area (Å²) in [6.07, 6.45) is 0. The third-order valence-electron chi connectivity index (χ3n) is 3.79. The van der Waals surface area contributed by atoms with Crippen molar-refractivity contribution in [1.82, 2.24) is 9.80 Å². The van der Waals surface area contributed by atoms with Gasteiger partial charge in [-0.25, -0.2) is 0 Å². The Morgan fingerprint density at radius 2 is 1.95 bits per heavy atom. The quantitative estimate of drug-likeness (QED) is 0.607.